The first kappa shape index (κ1) is 11.6. The zero-order chi connectivity index (χ0) is 12.4. The van der Waals surface area contributed by atoms with Crippen LogP contribution >= 0.6 is 0 Å². The van der Waals surface area contributed by atoms with Crippen molar-refractivity contribution in [2.75, 3.05) is 5.32 Å². The Morgan fingerprint density at radius 3 is 2.82 bits per heavy atom. The van der Waals surface area contributed by atoms with Crippen LogP contribution in [0, 0.1) is 11.8 Å². The minimum Gasteiger partial charge on any atom is -0.478 e. The highest BCUT2D eigenvalue weighted by molar-refractivity contribution is 6.00. The van der Waals surface area contributed by atoms with Gasteiger partial charge in [0.2, 0.25) is 5.91 Å². The Morgan fingerprint density at radius 2 is 2.24 bits per heavy atom. The number of hydrogen-bond donors (Lipinski definition) is 2. The second-order valence-corrected chi connectivity index (χ2v) is 4.34. The number of nitrogens with zero attached hydrogens (tertiary/aromatic N) is 1. The van der Waals surface area contributed by atoms with Crippen molar-refractivity contribution in [3.05, 3.63) is 24.0 Å². The lowest BCUT2D eigenvalue weighted by atomic mass is 10.1. The fraction of sp³-hybridized carbons (Fsp3) is 0.417. The number of nitrogens with one attached hydrogen (secondary N) is 1. The van der Waals surface area contributed by atoms with Gasteiger partial charge in [0, 0.05) is 12.1 Å². The zero-order valence-corrected chi connectivity index (χ0v) is 9.51. The lowest BCUT2D eigenvalue weighted by Gasteiger charge is -2.12. The predicted octanol–water partition coefficient (Wildman–Crippen LogP) is 1.76. The van der Waals surface area contributed by atoms with Gasteiger partial charge in [0.25, 0.3) is 0 Å². The normalized spacial score (nSPS) is 16.3. The molecular weight excluding hydrogens is 220 g/mol. The average molecular weight is 234 g/mol. The molecule has 1 saturated carbocycles. The van der Waals surface area contributed by atoms with E-state index in [1.807, 2.05) is 6.92 Å². The lowest BCUT2D eigenvalue weighted by Crippen LogP contribution is -2.23. The third-order valence-electron chi connectivity index (χ3n) is 3.05. The summed E-state index contributed by atoms with van der Waals surface area (Å²) in [4.78, 5) is 26.6. The molecule has 1 atom stereocenters. The fourth-order valence-electron chi connectivity index (χ4n) is 1.74. The minimum absolute atomic E-state index is 0.0661. The number of carboxylic acids is 1. The van der Waals surface area contributed by atoms with Crippen LogP contribution in [0.4, 0.5) is 5.69 Å². The number of hydrogen-bond acceptors (Lipinski definition) is 3. The van der Waals surface area contributed by atoms with Crippen molar-refractivity contribution >= 4 is 17.6 Å². The van der Waals surface area contributed by atoms with Crippen LogP contribution in [-0.2, 0) is 4.79 Å². The Bertz CT molecular complexity index is 455. The largest absolute Gasteiger partial charge is 0.478 e. The number of rotatable bonds is 4. The first-order valence-electron chi connectivity index (χ1n) is 5.57. The molecule has 17 heavy (non-hydrogen) atoms. The third kappa shape index (κ3) is 2.61. The molecule has 1 aromatic heterocycles. The Kier molecular flexibility index (Phi) is 3.08. The predicted molar refractivity (Wildman–Crippen MR) is 61.7 cm³/mol. The first-order valence-corrected chi connectivity index (χ1v) is 5.57. The fourth-order valence-corrected chi connectivity index (χ4v) is 1.74. The summed E-state index contributed by atoms with van der Waals surface area (Å²) in [6.07, 6.45) is 4.91. The summed E-state index contributed by atoms with van der Waals surface area (Å²) in [5, 5.41) is 11.6. The van der Waals surface area contributed by atoms with Gasteiger partial charge in [-0.05, 0) is 24.8 Å². The summed E-state index contributed by atoms with van der Waals surface area (Å²) < 4.78 is 0. The SMILES string of the molecule is CC(C(=O)Nc1cnccc1C(=O)O)C1CC1. The number of amides is 1. The van der Waals surface area contributed by atoms with Gasteiger partial charge < -0.3 is 10.4 Å². The molecule has 1 fully saturated rings. The molecule has 1 aliphatic rings. The Morgan fingerprint density at radius 1 is 1.53 bits per heavy atom. The number of pyridine rings is 1. The van der Waals surface area contributed by atoms with E-state index in [2.05, 4.69) is 10.3 Å². The molecule has 0 radical (unpaired) electrons. The molecule has 0 bridgehead atoms. The van der Waals surface area contributed by atoms with Gasteiger partial charge in [-0.1, -0.05) is 6.92 Å². The van der Waals surface area contributed by atoms with Crippen LogP contribution < -0.4 is 5.32 Å². The Balaban J connectivity index is 2.12. The van der Waals surface area contributed by atoms with E-state index >= 15 is 0 Å². The van der Waals surface area contributed by atoms with Crippen LogP contribution in [0.15, 0.2) is 18.5 Å². The average Bonchev–Trinajstić information content (AvgIpc) is 3.12. The number of aromatic nitrogens is 1. The van der Waals surface area contributed by atoms with Crippen LogP contribution in [0.1, 0.15) is 30.1 Å². The molecule has 5 nitrogen and oxygen atoms in total. The Hall–Kier alpha value is -1.91. The molecule has 2 rings (SSSR count). The number of anilines is 1. The van der Waals surface area contributed by atoms with Gasteiger partial charge in [0.1, 0.15) is 0 Å². The van der Waals surface area contributed by atoms with Crippen molar-refractivity contribution in [2.24, 2.45) is 11.8 Å². The number of aromatic carboxylic acids is 1. The van der Waals surface area contributed by atoms with Crippen molar-refractivity contribution in [3.63, 3.8) is 0 Å². The summed E-state index contributed by atoms with van der Waals surface area (Å²) in [7, 11) is 0. The molecule has 1 aromatic rings. The highest BCUT2D eigenvalue weighted by Gasteiger charge is 2.32. The zero-order valence-electron chi connectivity index (χ0n) is 9.51. The Labute approximate surface area is 98.9 Å². The van der Waals surface area contributed by atoms with Gasteiger partial charge in [-0.15, -0.1) is 0 Å². The topological polar surface area (TPSA) is 79.3 Å². The van der Waals surface area contributed by atoms with E-state index in [1.165, 1.54) is 18.5 Å². The van der Waals surface area contributed by atoms with E-state index < -0.39 is 5.97 Å². The molecule has 0 aliphatic heterocycles. The van der Waals surface area contributed by atoms with Crippen LogP contribution in [0.3, 0.4) is 0 Å². The van der Waals surface area contributed by atoms with Crippen LogP contribution in [0.5, 0.6) is 0 Å². The standard InChI is InChI=1S/C12H14N2O3/c1-7(8-2-3-8)11(15)14-10-6-13-5-4-9(10)12(16)17/h4-8H,2-3H2,1H3,(H,14,15)(H,16,17). The first-order chi connectivity index (χ1) is 8.09. The summed E-state index contributed by atoms with van der Waals surface area (Å²) in [6, 6.07) is 1.37. The van der Waals surface area contributed by atoms with Crippen LogP contribution in [0.2, 0.25) is 0 Å². The maximum absolute atomic E-state index is 11.8. The monoisotopic (exact) mass is 234 g/mol. The van der Waals surface area contributed by atoms with Gasteiger partial charge in [0.15, 0.2) is 0 Å². The van der Waals surface area contributed by atoms with Crippen molar-refractivity contribution in [3.8, 4) is 0 Å². The maximum Gasteiger partial charge on any atom is 0.337 e. The van der Waals surface area contributed by atoms with E-state index in [0.717, 1.165) is 12.8 Å². The number of carbonyl (C=O) groups is 2. The van der Waals surface area contributed by atoms with Gasteiger partial charge in [0.05, 0.1) is 17.4 Å². The lowest BCUT2D eigenvalue weighted by molar-refractivity contribution is -0.119. The summed E-state index contributed by atoms with van der Waals surface area (Å²) in [5.74, 6) is -0.832. The molecule has 1 amide bonds. The van der Waals surface area contributed by atoms with Crippen LogP contribution in [0.25, 0.3) is 0 Å². The van der Waals surface area contributed by atoms with Crippen molar-refractivity contribution in [1.82, 2.24) is 4.98 Å². The smallest absolute Gasteiger partial charge is 0.337 e. The molecular formula is C12H14N2O3. The van der Waals surface area contributed by atoms with Crippen molar-refractivity contribution < 1.29 is 14.7 Å². The highest BCUT2D eigenvalue weighted by Crippen LogP contribution is 2.37. The van der Waals surface area contributed by atoms with Crippen molar-refractivity contribution in [2.45, 2.75) is 19.8 Å². The second-order valence-electron chi connectivity index (χ2n) is 4.34. The summed E-state index contributed by atoms with van der Waals surface area (Å²) in [6.45, 7) is 1.86. The van der Waals surface area contributed by atoms with Gasteiger partial charge >= 0.3 is 5.97 Å². The van der Waals surface area contributed by atoms with E-state index in [9.17, 15) is 9.59 Å². The van der Waals surface area contributed by atoms with E-state index in [4.69, 9.17) is 5.11 Å². The molecule has 0 spiro atoms. The minimum atomic E-state index is -1.07. The van der Waals surface area contributed by atoms with Gasteiger partial charge in [-0.3, -0.25) is 9.78 Å². The molecule has 2 N–H and O–H groups in total. The van der Waals surface area contributed by atoms with Gasteiger partial charge in [-0.2, -0.15) is 0 Å². The maximum atomic E-state index is 11.8. The molecule has 1 heterocycles. The molecule has 1 unspecified atom stereocenters. The number of carboxylic acid groups (broad SMARTS) is 1. The van der Waals surface area contributed by atoms with E-state index in [1.54, 1.807) is 0 Å². The van der Waals surface area contributed by atoms with E-state index in [-0.39, 0.29) is 23.1 Å². The molecule has 0 aromatic carbocycles. The third-order valence-corrected chi connectivity index (χ3v) is 3.05. The van der Waals surface area contributed by atoms with E-state index in [0.29, 0.717) is 5.92 Å². The second kappa shape index (κ2) is 4.53. The molecule has 90 valence electrons. The summed E-state index contributed by atoms with van der Waals surface area (Å²) in [5.41, 5.74) is 0.328. The van der Waals surface area contributed by atoms with Crippen molar-refractivity contribution in [1.29, 1.82) is 0 Å². The highest BCUT2D eigenvalue weighted by atomic mass is 16.4. The summed E-state index contributed by atoms with van der Waals surface area (Å²) >= 11 is 0. The number of carbonyl (C=O) groups excluding carboxylic acids is 1. The van der Waals surface area contributed by atoms with Crippen LogP contribution in [-0.4, -0.2) is 22.0 Å². The quantitative estimate of drug-likeness (QED) is 0.832. The van der Waals surface area contributed by atoms with Gasteiger partial charge in [-0.25, -0.2) is 4.79 Å². The molecule has 5 heteroatoms. The molecule has 0 saturated heterocycles. The molecule has 1 aliphatic carbocycles.